The van der Waals surface area contributed by atoms with Gasteiger partial charge in [-0.25, -0.2) is 4.39 Å². The van der Waals surface area contributed by atoms with Crippen molar-refractivity contribution in [1.82, 2.24) is 5.32 Å². The number of carbonyl (C=O) groups is 1. The van der Waals surface area contributed by atoms with E-state index in [0.717, 1.165) is 5.57 Å². The number of hydrogen-bond acceptors (Lipinski definition) is 2. The van der Waals surface area contributed by atoms with Gasteiger partial charge in [-0.2, -0.15) is 0 Å². The first-order valence-electron chi connectivity index (χ1n) is 8.16. The zero-order valence-corrected chi connectivity index (χ0v) is 15.2. The lowest BCUT2D eigenvalue weighted by Gasteiger charge is -2.16. The molecule has 25 heavy (non-hydrogen) atoms. The Morgan fingerprint density at radius 3 is 2.84 bits per heavy atom. The third-order valence-electron chi connectivity index (χ3n) is 4.50. The molecule has 0 aromatic heterocycles. The Labute approximate surface area is 152 Å². The molecule has 2 rings (SSSR count). The molecule has 5 heteroatoms. The Morgan fingerprint density at radius 1 is 1.52 bits per heavy atom. The predicted molar refractivity (Wildman–Crippen MR) is 99.7 cm³/mol. The molecular formula is C20H23ClFNO2. The Kier molecular flexibility index (Phi) is 6.20. The number of hydrogen-bond donors (Lipinski definition) is 2. The average Bonchev–Trinajstić information content (AvgIpc) is 2.85. The lowest BCUT2D eigenvalue weighted by atomic mass is 9.87. The van der Waals surface area contributed by atoms with Crippen molar-refractivity contribution in [2.75, 3.05) is 6.61 Å². The summed E-state index contributed by atoms with van der Waals surface area (Å²) in [4.78, 5) is 11.9. The first-order valence-corrected chi connectivity index (χ1v) is 8.54. The van der Waals surface area contributed by atoms with Crippen molar-refractivity contribution in [3.05, 3.63) is 65.0 Å². The third kappa shape index (κ3) is 4.59. The second-order valence-electron chi connectivity index (χ2n) is 6.76. The summed E-state index contributed by atoms with van der Waals surface area (Å²) >= 11 is 5.94. The Bertz CT molecular complexity index is 741. The molecule has 0 bridgehead atoms. The molecule has 1 fully saturated rings. The quantitative estimate of drug-likeness (QED) is 0.741. The molecule has 1 aliphatic rings. The molecule has 134 valence electrons. The van der Waals surface area contributed by atoms with E-state index in [1.165, 1.54) is 12.1 Å². The number of carbonyl (C=O) groups excluding carboxylic acids is 1. The molecular weight excluding hydrogens is 341 g/mol. The highest BCUT2D eigenvalue weighted by atomic mass is 35.5. The summed E-state index contributed by atoms with van der Waals surface area (Å²) < 4.78 is 14.0. The normalized spacial score (nSPS) is 24.4. The van der Waals surface area contributed by atoms with Crippen LogP contribution in [0.15, 0.2) is 48.6 Å². The molecule has 2 N–H and O–H groups in total. The highest BCUT2D eigenvalue weighted by Crippen LogP contribution is 2.31. The topological polar surface area (TPSA) is 49.3 Å². The van der Waals surface area contributed by atoms with E-state index in [0.29, 0.717) is 29.0 Å². The summed E-state index contributed by atoms with van der Waals surface area (Å²) in [7, 11) is 0. The van der Waals surface area contributed by atoms with Crippen molar-refractivity contribution in [1.29, 1.82) is 0 Å². The molecule has 0 saturated carbocycles. The summed E-state index contributed by atoms with van der Waals surface area (Å²) in [6, 6.07) is 4.39. The molecule has 0 spiro atoms. The maximum atomic E-state index is 14.0. The number of rotatable bonds is 6. The van der Waals surface area contributed by atoms with E-state index in [1.54, 1.807) is 25.1 Å². The molecule has 0 unspecified atom stereocenters. The van der Waals surface area contributed by atoms with Crippen LogP contribution in [0.3, 0.4) is 0 Å². The summed E-state index contributed by atoms with van der Waals surface area (Å²) in [6.07, 6.45) is 6.52. The van der Waals surface area contributed by atoms with Crippen molar-refractivity contribution in [3.8, 4) is 0 Å². The van der Waals surface area contributed by atoms with Crippen LogP contribution in [0, 0.1) is 11.2 Å². The molecule has 1 heterocycles. The molecule has 1 aromatic rings. The van der Waals surface area contributed by atoms with Crippen LogP contribution >= 0.6 is 11.6 Å². The zero-order valence-electron chi connectivity index (χ0n) is 14.5. The van der Waals surface area contributed by atoms with Crippen molar-refractivity contribution in [2.24, 2.45) is 5.41 Å². The maximum Gasteiger partial charge on any atom is 0.228 e. The second-order valence-corrected chi connectivity index (χ2v) is 7.20. The van der Waals surface area contributed by atoms with Crippen molar-refractivity contribution < 1.29 is 14.3 Å². The first kappa shape index (κ1) is 19.4. The number of aliphatic hydroxyl groups excluding tert-OH is 1. The lowest BCUT2D eigenvalue weighted by Crippen LogP contribution is -2.32. The van der Waals surface area contributed by atoms with Gasteiger partial charge in [0.1, 0.15) is 5.82 Å². The van der Waals surface area contributed by atoms with Gasteiger partial charge >= 0.3 is 0 Å². The van der Waals surface area contributed by atoms with Crippen LogP contribution in [0.2, 0.25) is 5.02 Å². The lowest BCUT2D eigenvalue weighted by molar-refractivity contribution is -0.128. The van der Waals surface area contributed by atoms with E-state index in [2.05, 4.69) is 11.9 Å². The molecule has 1 aliphatic heterocycles. The standard InChI is InChI=1S/C20H23ClFNO2/c1-4-14(17-10-15(21)7-8-18(17)22)6-5-13(2)9-16-11-20(3,12-24)19(25)23-16/h4-8,10,16,24H,1,9,11-12H2,2-3H3,(H,23,25)/b13-5+,14-6+/t16-,20+/m1/s1. The van der Waals surface area contributed by atoms with Crippen molar-refractivity contribution in [3.63, 3.8) is 0 Å². The van der Waals surface area contributed by atoms with Gasteiger partial charge in [0.25, 0.3) is 0 Å². The molecule has 2 atom stereocenters. The second kappa shape index (κ2) is 7.98. The van der Waals surface area contributed by atoms with Gasteiger partial charge in [0.05, 0.1) is 12.0 Å². The van der Waals surface area contributed by atoms with Crippen LogP contribution in [0.1, 0.15) is 32.3 Å². The van der Waals surface area contributed by atoms with E-state index >= 15 is 0 Å². The average molecular weight is 364 g/mol. The minimum atomic E-state index is -0.711. The van der Waals surface area contributed by atoms with Gasteiger partial charge in [0, 0.05) is 16.6 Å². The molecule has 0 radical (unpaired) electrons. The van der Waals surface area contributed by atoms with E-state index in [4.69, 9.17) is 11.6 Å². The van der Waals surface area contributed by atoms with Gasteiger partial charge in [0.15, 0.2) is 0 Å². The maximum absolute atomic E-state index is 14.0. The summed E-state index contributed by atoms with van der Waals surface area (Å²) in [5, 5.41) is 12.8. The van der Waals surface area contributed by atoms with E-state index in [1.807, 2.05) is 13.0 Å². The molecule has 0 aliphatic carbocycles. The summed E-state index contributed by atoms with van der Waals surface area (Å²) in [5.74, 6) is -0.473. The van der Waals surface area contributed by atoms with Crippen molar-refractivity contribution in [2.45, 2.75) is 32.7 Å². The fourth-order valence-corrected chi connectivity index (χ4v) is 3.15. The third-order valence-corrected chi connectivity index (χ3v) is 4.74. The first-order chi connectivity index (χ1) is 11.8. The van der Waals surface area contributed by atoms with E-state index in [9.17, 15) is 14.3 Å². The molecule has 1 saturated heterocycles. The van der Waals surface area contributed by atoms with Gasteiger partial charge in [-0.1, -0.05) is 42.0 Å². The number of benzene rings is 1. The highest BCUT2D eigenvalue weighted by Gasteiger charge is 2.42. The fraction of sp³-hybridized carbons (Fsp3) is 0.350. The number of amides is 1. The predicted octanol–water partition coefficient (Wildman–Crippen LogP) is 4.27. The monoisotopic (exact) mass is 363 g/mol. The van der Waals surface area contributed by atoms with Crippen LogP contribution in [-0.4, -0.2) is 23.7 Å². The number of nitrogens with one attached hydrogen (secondary N) is 1. The number of halogens is 2. The van der Waals surface area contributed by atoms with E-state index in [-0.39, 0.29) is 24.4 Å². The molecule has 1 amide bonds. The smallest absolute Gasteiger partial charge is 0.228 e. The van der Waals surface area contributed by atoms with Crippen LogP contribution < -0.4 is 5.32 Å². The van der Waals surface area contributed by atoms with Gasteiger partial charge < -0.3 is 10.4 Å². The molecule has 1 aromatic carbocycles. The van der Waals surface area contributed by atoms with Gasteiger partial charge in [-0.15, -0.1) is 0 Å². The minimum absolute atomic E-state index is 0.00983. The van der Waals surface area contributed by atoms with Gasteiger partial charge in [0.2, 0.25) is 5.91 Å². The van der Waals surface area contributed by atoms with Crippen LogP contribution in [0.25, 0.3) is 5.57 Å². The van der Waals surface area contributed by atoms with Gasteiger partial charge in [-0.3, -0.25) is 4.79 Å². The Morgan fingerprint density at radius 2 is 2.24 bits per heavy atom. The zero-order chi connectivity index (χ0) is 18.6. The van der Waals surface area contributed by atoms with E-state index < -0.39 is 5.41 Å². The summed E-state index contributed by atoms with van der Waals surface area (Å²) in [5.41, 5.74) is 1.36. The largest absolute Gasteiger partial charge is 0.395 e. The Hall–Kier alpha value is -1.91. The van der Waals surface area contributed by atoms with Crippen molar-refractivity contribution >= 4 is 23.1 Å². The SMILES string of the molecule is C=C/C(=C\C=C(/C)C[C@@H]1C[C@@](C)(CO)C(=O)N1)c1cc(Cl)ccc1F. The summed E-state index contributed by atoms with van der Waals surface area (Å²) in [6.45, 7) is 7.29. The number of allylic oxidation sites excluding steroid dienone is 4. The molecule has 3 nitrogen and oxygen atoms in total. The minimum Gasteiger partial charge on any atom is -0.395 e. The van der Waals surface area contributed by atoms with Crippen LogP contribution in [-0.2, 0) is 4.79 Å². The van der Waals surface area contributed by atoms with Crippen LogP contribution in [0.4, 0.5) is 4.39 Å². The fourth-order valence-electron chi connectivity index (χ4n) is 2.98. The van der Waals surface area contributed by atoms with Gasteiger partial charge in [-0.05, 0) is 50.5 Å². The highest BCUT2D eigenvalue weighted by molar-refractivity contribution is 6.30. The number of aliphatic hydroxyl groups is 1. The Balaban J connectivity index is 2.13. The van der Waals surface area contributed by atoms with Crippen LogP contribution in [0.5, 0.6) is 0 Å².